The van der Waals surface area contributed by atoms with E-state index in [9.17, 15) is 0 Å². The summed E-state index contributed by atoms with van der Waals surface area (Å²) in [4.78, 5) is 0. The van der Waals surface area contributed by atoms with Crippen molar-refractivity contribution in [2.75, 3.05) is 0 Å². The smallest absolute Gasteiger partial charge is 0.136 e. The lowest BCUT2D eigenvalue weighted by Crippen LogP contribution is -1.92. The zero-order valence-corrected chi connectivity index (χ0v) is 28.0. The molecule has 0 saturated carbocycles. The fourth-order valence-electron chi connectivity index (χ4n) is 9.12. The molecule has 12 aromatic rings. The summed E-state index contributed by atoms with van der Waals surface area (Å²) < 4.78 is 13.0. The summed E-state index contributed by atoms with van der Waals surface area (Å²) in [5.41, 5.74) is 8.32. The van der Waals surface area contributed by atoms with E-state index >= 15 is 0 Å². The largest absolute Gasteiger partial charge is 0.456 e. The molecule has 2 aromatic heterocycles. The third kappa shape index (κ3) is 3.68. The van der Waals surface area contributed by atoms with Crippen LogP contribution in [0, 0.1) is 0 Å². The number of hydrogen-bond acceptors (Lipinski definition) is 2. The minimum Gasteiger partial charge on any atom is -0.456 e. The van der Waals surface area contributed by atoms with Gasteiger partial charge in [0.2, 0.25) is 0 Å². The van der Waals surface area contributed by atoms with E-state index in [1.54, 1.807) is 0 Å². The zero-order chi connectivity index (χ0) is 33.9. The summed E-state index contributed by atoms with van der Waals surface area (Å²) in [6, 6.07) is 61.4. The summed E-state index contributed by atoms with van der Waals surface area (Å²) >= 11 is 0. The van der Waals surface area contributed by atoms with Gasteiger partial charge in [0.25, 0.3) is 0 Å². The first-order chi connectivity index (χ1) is 25.8. The Morgan fingerprint density at radius 2 is 0.692 bits per heavy atom. The fourth-order valence-corrected chi connectivity index (χ4v) is 9.12. The number of para-hydroxylation sites is 1. The molecule has 0 unspecified atom stereocenters. The quantitative estimate of drug-likeness (QED) is 0.136. The van der Waals surface area contributed by atoms with Gasteiger partial charge >= 0.3 is 0 Å². The highest BCUT2D eigenvalue weighted by molar-refractivity contribution is 6.32. The first-order valence-corrected chi connectivity index (χ1v) is 17.8. The molecule has 0 amide bonds. The van der Waals surface area contributed by atoms with Crippen LogP contribution in [0.2, 0.25) is 0 Å². The van der Waals surface area contributed by atoms with E-state index in [0.29, 0.717) is 0 Å². The Bertz CT molecular complexity index is 3380. The van der Waals surface area contributed by atoms with Crippen molar-refractivity contribution < 1.29 is 8.83 Å². The highest BCUT2D eigenvalue weighted by Crippen LogP contribution is 2.49. The van der Waals surface area contributed by atoms with Gasteiger partial charge in [-0.05, 0) is 106 Å². The molecule has 2 nitrogen and oxygen atoms in total. The Labute approximate surface area is 297 Å². The number of rotatable bonds is 2. The molecule has 0 fully saturated rings. The van der Waals surface area contributed by atoms with E-state index in [4.69, 9.17) is 8.83 Å². The summed E-state index contributed by atoms with van der Waals surface area (Å²) in [6.45, 7) is 0. The molecule has 2 heterocycles. The number of fused-ring (bicyclic) bond motifs is 15. The van der Waals surface area contributed by atoms with Gasteiger partial charge in [-0.3, -0.25) is 0 Å². The molecule has 0 N–H and O–H groups in total. The summed E-state index contributed by atoms with van der Waals surface area (Å²) in [5.74, 6) is 0. The van der Waals surface area contributed by atoms with Gasteiger partial charge in [-0.25, -0.2) is 0 Å². The van der Waals surface area contributed by atoms with Crippen LogP contribution in [-0.2, 0) is 0 Å². The topological polar surface area (TPSA) is 26.3 Å². The van der Waals surface area contributed by atoms with E-state index < -0.39 is 0 Å². The zero-order valence-electron chi connectivity index (χ0n) is 28.0. The van der Waals surface area contributed by atoms with E-state index in [0.717, 1.165) is 49.4 Å². The second-order valence-electron chi connectivity index (χ2n) is 13.9. The maximum absolute atomic E-state index is 6.62. The lowest BCUT2D eigenvalue weighted by Gasteiger charge is -2.19. The van der Waals surface area contributed by atoms with Crippen molar-refractivity contribution in [1.82, 2.24) is 0 Å². The Balaban J connectivity index is 1.21. The molecule has 2 heteroatoms. The van der Waals surface area contributed by atoms with Crippen LogP contribution in [0.5, 0.6) is 0 Å². The van der Waals surface area contributed by atoms with Crippen molar-refractivity contribution in [2.45, 2.75) is 0 Å². The fraction of sp³-hybridized carbons (Fsp3) is 0. The van der Waals surface area contributed by atoms with Gasteiger partial charge in [0.05, 0.1) is 0 Å². The van der Waals surface area contributed by atoms with Crippen LogP contribution in [0.15, 0.2) is 179 Å². The molecule has 10 aromatic carbocycles. The van der Waals surface area contributed by atoms with Crippen LogP contribution < -0.4 is 0 Å². The first kappa shape index (κ1) is 27.9. The molecule has 0 aliphatic heterocycles. The minimum atomic E-state index is 0.864. The molecule has 0 radical (unpaired) electrons. The van der Waals surface area contributed by atoms with Crippen LogP contribution in [0.3, 0.4) is 0 Å². The van der Waals surface area contributed by atoms with Gasteiger partial charge in [0, 0.05) is 21.5 Å². The van der Waals surface area contributed by atoms with Gasteiger partial charge in [-0.15, -0.1) is 0 Å². The second kappa shape index (κ2) is 10.3. The van der Waals surface area contributed by atoms with E-state index in [2.05, 4.69) is 152 Å². The molecule has 0 aliphatic carbocycles. The number of benzene rings is 10. The first-order valence-electron chi connectivity index (χ1n) is 17.8. The maximum atomic E-state index is 6.62. The molecule has 0 atom stereocenters. The van der Waals surface area contributed by atoms with Crippen molar-refractivity contribution in [3.05, 3.63) is 170 Å². The second-order valence-corrected chi connectivity index (χ2v) is 13.9. The highest BCUT2D eigenvalue weighted by atomic mass is 16.3. The van der Waals surface area contributed by atoms with Gasteiger partial charge in [0.15, 0.2) is 0 Å². The van der Waals surface area contributed by atoms with Crippen LogP contribution in [0.4, 0.5) is 0 Å². The summed E-state index contributed by atoms with van der Waals surface area (Å²) in [5, 5.41) is 17.0. The predicted molar refractivity (Wildman–Crippen MR) is 219 cm³/mol. The summed E-state index contributed by atoms with van der Waals surface area (Å²) in [6.07, 6.45) is 0. The van der Waals surface area contributed by atoms with Gasteiger partial charge < -0.3 is 8.83 Å². The van der Waals surface area contributed by atoms with Gasteiger partial charge in [0.1, 0.15) is 22.3 Å². The Hall–Kier alpha value is -6.90. The van der Waals surface area contributed by atoms with Crippen LogP contribution in [-0.4, -0.2) is 0 Å². The SMILES string of the molecule is c1ccc2c(c1)oc1ccc3oc4cccc(-c5c6ccccc6c(-c6ccc7c8ccccc8c8ccccc8c7c6)c6ccccc56)c4c3c12. The van der Waals surface area contributed by atoms with Crippen LogP contribution in [0.25, 0.3) is 120 Å². The van der Waals surface area contributed by atoms with Crippen molar-refractivity contribution in [3.63, 3.8) is 0 Å². The monoisotopic (exact) mass is 660 g/mol. The van der Waals surface area contributed by atoms with Crippen molar-refractivity contribution in [2.24, 2.45) is 0 Å². The van der Waals surface area contributed by atoms with Crippen molar-refractivity contribution >= 4 is 97.7 Å². The molecule has 12 rings (SSSR count). The van der Waals surface area contributed by atoms with E-state index in [1.165, 1.54) is 70.6 Å². The van der Waals surface area contributed by atoms with E-state index in [-0.39, 0.29) is 0 Å². The molecule has 0 spiro atoms. The van der Waals surface area contributed by atoms with E-state index in [1.807, 2.05) is 18.2 Å². The number of furan rings is 2. The van der Waals surface area contributed by atoms with Crippen LogP contribution >= 0.6 is 0 Å². The maximum Gasteiger partial charge on any atom is 0.136 e. The molecule has 0 saturated heterocycles. The average molecular weight is 661 g/mol. The highest BCUT2D eigenvalue weighted by Gasteiger charge is 2.23. The molecule has 0 aliphatic rings. The van der Waals surface area contributed by atoms with Crippen LogP contribution in [0.1, 0.15) is 0 Å². The standard InChI is InChI=1S/C50H28O2/c1-2-14-32-30(12-1)31-13-3-4-15-33(31)41-28-29(24-25-34(32)41)46-35-16-5-7-18-37(35)47(38-19-8-6-17-36(38)46)40-21-11-23-43-49(40)50-45(52-43)27-26-44-48(50)39-20-9-10-22-42(39)51-44/h1-28H. The van der Waals surface area contributed by atoms with Gasteiger partial charge in [-0.2, -0.15) is 0 Å². The normalized spacial score (nSPS) is 12.2. The third-order valence-corrected chi connectivity index (χ3v) is 11.2. The molecular weight excluding hydrogens is 633 g/mol. The van der Waals surface area contributed by atoms with Gasteiger partial charge in [-0.1, -0.05) is 140 Å². The Morgan fingerprint density at radius 1 is 0.250 bits per heavy atom. The molecule has 52 heavy (non-hydrogen) atoms. The minimum absolute atomic E-state index is 0.864. The molecule has 0 bridgehead atoms. The molecular formula is C50H28O2. The molecule has 240 valence electrons. The third-order valence-electron chi connectivity index (χ3n) is 11.2. The summed E-state index contributed by atoms with van der Waals surface area (Å²) in [7, 11) is 0. The predicted octanol–water partition coefficient (Wildman–Crippen LogP) is 14.6. The lowest BCUT2D eigenvalue weighted by atomic mass is 9.84. The Kier molecular flexibility index (Phi) is 5.53. The van der Waals surface area contributed by atoms with Crippen molar-refractivity contribution in [3.8, 4) is 22.3 Å². The Morgan fingerprint density at radius 3 is 1.33 bits per heavy atom. The average Bonchev–Trinajstić information content (AvgIpc) is 3.78. The van der Waals surface area contributed by atoms with Crippen molar-refractivity contribution in [1.29, 1.82) is 0 Å². The lowest BCUT2D eigenvalue weighted by molar-refractivity contribution is 0.663. The number of hydrogen-bond donors (Lipinski definition) is 0.